The fourth-order valence-corrected chi connectivity index (χ4v) is 3.44. The molecule has 0 radical (unpaired) electrons. The molecule has 0 aliphatic carbocycles. The van der Waals surface area contributed by atoms with Crippen molar-refractivity contribution in [2.24, 2.45) is 5.92 Å². The lowest BCUT2D eigenvalue weighted by atomic mass is 9.98. The maximum atomic E-state index is 12.7. The molecule has 0 saturated carbocycles. The van der Waals surface area contributed by atoms with E-state index in [4.69, 9.17) is 0 Å². The molecular formula is C23H27N3O3. The average Bonchev–Trinajstić information content (AvgIpc) is 3.10. The van der Waals surface area contributed by atoms with Gasteiger partial charge in [-0.05, 0) is 54.3 Å². The Hall–Kier alpha value is -3.15. The highest BCUT2D eigenvalue weighted by Gasteiger charge is 2.35. The van der Waals surface area contributed by atoms with E-state index >= 15 is 0 Å². The summed E-state index contributed by atoms with van der Waals surface area (Å²) in [5.41, 5.74) is 3.38. The number of carbonyl (C=O) groups excluding carboxylic acids is 3. The van der Waals surface area contributed by atoms with Gasteiger partial charge in [0.1, 0.15) is 0 Å². The van der Waals surface area contributed by atoms with E-state index in [0.29, 0.717) is 18.2 Å². The molecule has 0 spiro atoms. The molecule has 2 aromatic carbocycles. The van der Waals surface area contributed by atoms with Crippen LogP contribution in [0, 0.1) is 5.92 Å². The maximum absolute atomic E-state index is 12.7. The third-order valence-corrected chi connectivity index (χ3v) is 5.35. The first-order valence-electron chi connectivity index (χ1n) is 9.96. The molecule has 29 heavy (non-hydrogen) atoms. The number of nitrogens with one attached hydrogen (secondary N) is 2. The number of rotatable bonds is 6. The summed E-state index contributed by atoms with van der Waals surface area (Å²) in [5, 5.41) is 5.62. The molecule has 1 aliphatic rings. The van der Waals surface area contributed by atoms with Gasteiger partial charge >= 0.3 is 0 Å². The van der Waals surface area contributed by atoms with Crippen LogP contribution in [0.4, 0.5) is 17.1 Å². The summed E-state index contributed by atoms with van der Waals surface area (Å²) in [6.45, 7) is 6.11. The van der Waals surface area contributed by atoms with E-state index < -0.39 is 5.92 Å². The molecule has 1 aliphatic heterocycles. The fourth-order valence-electron chi connectivity index (χ4n) is 3.44. The number of benzene rings is 2. The van der Waals surface area contributed by atoms with Crippen molar-refractivity contribution in [3.8, 4) is 0 Å². The highest BCUT2D eigenvalue weighted by Crippen LogP contribution is 2.27. The molecule has 0 bridgehead atoms. The van der Waals surface area contributed by atoms with Crippen molar-refractivity contribution in [3.63, 3.8) is 0 Å². The SMILES string of the molecule is CCC(C)c1ccc(NC(=O)C2CC(=O)N(c3ccc(NC(C)=O)cc3)C2)cc1. The third kappa shape index (κ3) is 5.02. The molecular weight excluding hydrogens is 366 g/mol. The Morgan fingerprint density at radius 2 is 1.62 bits per heavy atom. The Labute approximate surface area is 171 Å². The number of carbonyl (C=O) groups is 3. The highest BCUT2D eigenvalue weighted by molar-refractivity contribution is 6.03. The van der Waals surface area contributed by atoms with Gasteiger partial charge in [0.15, 0.2) is 0 Å². The zero-order valence-corrected chi connectivity index (χ0v) is 17.1. The average molecular weight is 393 g/mol. The van der Waals surface area contributed by atoms with E-state index in [0.717, 1.165) is 17.8 Å². The molecule has 3 rings (SSSR count). The largest absolute Gasteiger partial charge is 0.326 e. The Morgan fingerprint density at radius 3 is 2.21 bits per heavy atom. The summed E-state index contributed by atoms with van der Waals surface area (Å²) in [6, 6.07) is 14.9. The molecule has 2 aromatic rings. The lowest BCUT2D eigenvalue weighted by Gasteiger charge is -2.17. The van der Waals surface area contributed by atoms with E-state index in [1.165, 1.54) is 12.5 Å². The summed E-state index contributed by atoms with van der Waals surface area (Å²) in [7, 11) is 0. The number of amides is 3. The Balaban J connectivity index is 1.62. The van der Waals surface area contributed by atoms with Gasteiger partial charge in [-0.15, -0.1) is 0 Å². The summed E-state index contributed by atoms with van der Waals surface area (Å²) >= 11 is 0. The number of hydrogen-bond donors (Lipinski definition) is 2. The maximum Gasteiger partial charge on any atom is 0.229 e. The van der Waals surface area contributed by atoms with Gasteiger partial charge in [-0.2, -0.15) is 0 Å². The van der Waals surface area contributed by atoms with Crippen molar-refractivity contribution in [3.05, 3.63) is 54.1 Å². The molecule has 152 valence electrons. The van der Waals surface area contributed by atoms with Crippen molar-refractivity contribution >= 4 is 34.8 Å². The van der Waals surface area contributed by atoms with Gasteiger partial charge < -0.3 is 15.5 Å². The molecule has 1 saturated heterocycles. The van der Waals surface area contributed by atoms with Crippen molar-refractivity contribution in [2.45, 2.75) is 39.5 Å². The first-order valence-corrected chi connectivity index (χ1v) is 9.96. The van der Waals surface area contributed by atoms with Crippen LogP contribution >= 0.6 is 0 Å². The molecule has 2 N–H and O–H groups in total. The predicted octanol–water partition coefficient (Wildman–Crippen LogP) is 4.15. The normalized spacial score (nSPS) is 17.1. The first kappa shape index (κ1) is 20.6. The van der Waals surface area contributed by atoms with Crippen LogP contribution < -0.4 is 15.5 Å². The van der Waals surface area contributed by atoms with Crippen molar-refractivity contribution in [2.75, 3.05) is 22.1 Å². The van der Waals surface area contributed by atoms with Crippen LogP contribution in [-0.2, 0) is 14.4 Å². The number of nitrogens with zero attached hydrogens (tertiary/aromatic N) is 1. The van der Waals surface area contributed by atoms with Gasteiger partial charge in [0.2, 0.25) is 17.7 Å². The van der Waals surface area contributed by atoms with Gasteiger partial charge in [0.05, 0.1) is 5.92 Å². The van der Waals surface area contributed by atoms with Crippen LogP contribution in [0.2, 0.25) is 0 Å². The second-order valence-corrected chi connectivity index (χ2v) is 7.55. The lowest BCUT2D eigenvalue weighted by Crippen LogP contribution is -2.28. The second kappa shape index (κ2) is 8.90. The van der Waals surface area contributed by atoms with E-state index in [1.54, 1.807) is 29.2 Å². The van der Waals surface area contributed by atoms with E-state index in [9.17, 15) is 14.4 Å². The fraction of sp³-hybridized carbons (Fsp3) is 0.348. The zero-order chi connectivity index (χ0) is 21.0. The third-order valence-electron chi connectivity index (χ3n) is 5.35. The molecule has 2 atom stereocenters. The molecule has 1 heterocycles. The quantitative estimate of drug-likeness (QED) is 0.774. The Kier molecular flexibility index (Phi) is 6.32. The Morgan fingerprint density at radius 1 is 1.03 bits per heavy atom. The smallest absolute Gasteiger partial charge is 0.229 e. The number of anilines is 3. The van der Waals surface area contributed by atoms with E-state index in [-0.39, 0.29) is 24.1 Å². The van der Waals surface area contributed by atoms with Crippen LogP contribution in [0.25, 0.3) is 0 Å². The molecule has 1 fully saturated rings. The first-order chi connectivity index (χ1) is 13.9. The number of hydrogen-bond acceptors (Lipinski definition) is 3. The molecule has 6 nitrogen and oxygen atoms in total. The van der Waals surface area contributed by atoms with Gasteiger partial charge in [0.25, 0.3) is 0 Å². The standard InChI is InChI=1S/C23H27N3O3/c1-4-15(2)17-5-7-20(8-6-17)25-23(29)18-13-22(28)26(14-18)21-11-9-19(10-12-21)24-16(3)27/h5-12,15,18H,4,13-14H2,1-3H3,(H,24,27)(H,25,29). The van der Waals surface area contributed by atoms with Crippen LogP contribution in [0.5, 0.6) is 0 Å². The van der Waals surface area contributed by atoms with Crippen LogP contribution in [-0.4, -0.2) is 24.3 Å². The van der Waals surface area contributed by atoms with Gasteiger partial charge in [-0.25, -0.2) is 0 Å². The summed E-state index contributed by atoms with van der Waals surface area (Å²) < 4.78 is 0. The summed E-state index contributed by atoms with van der Waals surface area (Å²) in [4.78, 5) is 37.8. The monoisotopic (exact) mass is 393 g/mol. The van der Waals surface area contributed by atoms with Crippen molar-refractivity contribution in [1.82, 2.24) is 0 Å². The van der Waals surface area contributed by atoms with Crippen LogP contribution in [0.3, 0.4) is 0 Å². The van der Waals surface area contributed by atoms with Crippen LogP contribution in [0.1, 0.15) is 45.1 Å². The van der Waals surface area contributed by atoms with Gasteiger partial charge in [0, 0.05) is 37.0 Å². The van der Waals surface area contributed by atoms with Gasteiger partial charge in [-0.3, -0.25) is 14.4 Å². The zero-order valence-electron chi connectivity index (χ0n) is 17.1. The van der Waals surface area contributed by atoms with E-state index in [1.807, 2.05) is 24.3 Å². The lowest BCUT2D eigenvalue weighted by molar-refractivity contribution is -0.122. The summed E-state index contributed by atoms with van der Waals surface area (Å²) in [6.07, 6.45) is 1.25. The molecule has 3 amide bonds. The topological polar surface area (TPSA) is 78.5 Å². The minimum Gasteiger partial charge on any atom is -0.326 e. The Bertz CT molecular complexity index is 891. The van der Waals surface area contributed by atoms with Crippen LogP contribution in [0.15, 0.2) is 48.5 Å². The van der Waals surface area contributed by atoms with Crippen molar-refractivity contribution < 1.29 is 14.4 Å². The molecule has 0 aromatic heterocycles. The molecule has 2 unspecified atom stereocenters. The predicted molar refractivity (Wildman–Crippen MR) is 115 cm³/mol. The van der Waals surface area contributed by atoms with Gasteiger partial charge in [-0.1, -0.05) is 26.0 Å². The summed E-state index contributed by atoms with van der Waals surface area (Å²) in [5.74, 6) is -0.287. The van der Waals surface area contributed by atoms with Crippen molar-refractivity contribution in [1.29, 1.82) is 0 Å². The molecule has 6 heteroatoms. The van der Waals surface area contributed by atoms with E-state index in [2.05, 4.69) is 24.5 Å². The highest BCUT2D eigenvalue weighted by atomic mass is 16.2. The second-order valence-electron chi connectivity index (χ2n) is 7.55. The minimum absolute atomic E-state index is 0.0791. The minimum atomic E-state index is -0.397.